The lowest BCUT2D eigenvalue weighted by Crippen LogP contribution is -2.45. The minimum absolute atomic E-state index is 0.115. The molecule has 1 aliphatic rings. The Labute approximate surface area is 138 Å². The Hall–Kier alpha value is -1.37. The number of nitrogens with zero attached hydrogens (tertiary/aromatic N) is 1. The van der Waals surface area contributed by atoms with Crippen molar-refractivity contribution in [1.82, 2.24) is 4.90 Å². The number of piperidine rings is 1. The van der Waals surface area contributed by atoms with Crippen molar-refractivity contribution in [3.05, 3.63) is 29.8 Å². The molecular weight excluding hydrogens is 327 g/mol. The maximum Gasteiger partial charge on any atom is 0.393 e. The van der Waals surface area contributed by atoms with E-state index in [9.17, 15) is 18.0 Å². The zero-order valence-corrected chi connectivity index (χ0v) is 13.8. The fraction of sp³-hybridized carbons (Fsp3) is 0.562. The summed E-state index contributed by atoms with van der Waals surface area (Å²) in [4.78, 5) is 13.4. The van der Waals surface area contributed by atoms with Gasteiger partial charge < -0.3 is 9.64 Å². The normalized spacial score (nSPS) is 18.8. The fourth-order valence-corrected chi connectivity index (χ4v) is 3.46. The van der Waals surface area contributed by atoms with Crippen molar-refractivity contribution in [1.29, 1.82) is 0 Å². The lowest BCUT2D eigenvalue weighted by molar-refractivity contribution is -0.187. The summed E-state index contributed by atoms with van der Waals surface area (Å²) in [5, 5.41) is 0. The van der Waals surface area contributed by atoms with Gasteiger partial charge in [-0.25, -0.2) is 0 Å². The Kier molecular flexibility index (Phi) is 6.21. The van der Waals surface area contributed by atoms with Crippen LogP contribution < -0.4 is 4.74 Å². The van der Waals surface area contributed by atoms with Gasteiger partial charge in [0.05, 0.1) is 18.8 Å². The molecule has 1 saturated heterocycles. The molecule has 0 aliphatic carbocycles. The number of likely N-dealkylation sites (tertiary alicyclic amines) is 1. The van der Waals surface area contributed by atoms with Crippen molar-refractivity contribution in [2.24, 2.45) is 5.92 Å². The molecule has 1 amide bonds. The molecule has 0 radical (unpaired) electrons. The van der Waals surface area contributed by atoms with Gasteiger partial charge in [0.1, 0.15) is 5.75 Å². The van der Waals surface area contributed by atoms with Crippen LogP contribution in [0.3, 0.4) is 0 Å². The average molecular weight is 347 g/mol. The van der Waals surface area contributed by atoms with Gasteiger partial charge in [-0.05, 0) is 30.5 Å². The molecule has 1 atom stereocenters. The maximum absolute atomic E-state index is 12.8. The molecular formula is C16H20F3NO2S. The van der Waals surface area contributed by atoms with Crippen LogP contribution in [-0.2, 0) is 10.5 Å². The number of hydrogen-bond acceptors (Lipinski definition) is 3. The van der Waals surface area contributed by atoms with Crippen molar-refractivity contribution >= 4 is 17.7 Å². The summed E-state index contributed by atoms with van der Waals surface area (Å²) in [5.74, 6) is -0.0322. The number of carbonyl (C=O) groups excluding carboxylic acids is 1. The van der Waals surface area contributed by atoms with Crippen LogP contribution in [0.4, 0.5) is 13.2 Å². The number of hydrogen-bond donors (Lipinski definition) is 0. The summed E-state index contributed by atoms with van der Waals surface area (Å²) in [6, 6.07) is 7.53. The maximum atomic E-state index is 12.8. The van der Waals surface area contributed by atoms with Gasteiger partial charge >= 0.3 is 6.18 Å². The minimum atomic E-state index is -4.22. The summed E-state index contributed by atoms with van der Waals surface area (Å²) in [6.45, 7) is 0.215. The smallest absolute Gasteiger partial charge is 0.393 e. The Morgan fingerprint density at radius 1 is 1.43 bits per heavy atom. The first kappa shape index (κ1) is 18.0. The van der Waals surface area contributed by atoms with E-state index >= 15 is 0 Å². The van der Waals surface area contributed by atoms with E-state index in [1.54, 1.807) is 7.11 Å². The van der Waals surface area contributed by atoms with E-state index in [-0.39, 0.29) is 24.6 Å². The summed E-state index contributed by atoms with van der Waals surface area (Å²) < 4.78 is 43.4. The van der Waals surface area contributed by atoms with Crippen LogP contribution in [0.5, 0.6) is 5.75 Å². The van der Waals surface area contributed by atoms with Crippen molar-refractivity contribution < 1.29 is 22.7 Å². The van der Waals surface area contributed by atoms with E-state index in [0.29, 0.717) is 18.7 Å². The Morgan fingerprint density at radius 2 is 2.22 bits per heavy atom. The SMILES string of the molecule is COc1cccc(CSCC(=O)N2CCC[C@@H](C(F)(F)F)C2)c1. The van der Waals surface area contributed by atoms with Gasteiger partial charge in [0, 0.05) is 18.8 Å². The van der Waals surface area contributed by atoms with Crippen LogP contribution in [0.2, 0.25) is 0 Å². The highest BCUT2D eigenvalue weighted by Crippen LogP contribution is 2.33. The number of methoxy groups -OCH3 is 1. The number of amides is 1. The first-order valence-corrected chi connectivity index (χ1v) is 8.61. The predicted octanol–water partition coefficient (Wildman–Crippen LogP) is 3.73. The number of thioether (sulfide) groups is 1. The van der Waals surface area contributed by atoms with E-state index in [1.165, 1.54) is 16.7 Å². The molecule has 0 N–H and O–H groups in total. The first-order chi connectivity index (χ1) is 10.9. The Morgan fingerprint density at radius 3 is 2.91 bits per heavy atom. The molecule has 2 rings (SSSR count). The van der Waals surface area contributed by atoms with Gasteiger partial charge in [0.25, 0.3) is 0 Å². The van der Waals surface area contributed by atoms with Gasteiger partial charge in [-0.15, -0.1) is 11.8 Å². The second-order valence-corrected chi connectivity index (χ2v) is 6.55. The number of alkyl halides is 3. The van der Waals surface area contributed by atoms with Crippen molar-refractivity contribution in [2.75, 3.05) is 26.0 Å². The minimum Gasteiger partial charge on any atom is -0.497 e. The standard InChI is InChI=1S/C16H20F3NO2S/c1-22-14-6-2-4-12(8-14)10-23-11-15(21)20-7-3-5-13(9-20)16(17,18)19/h2,4,6,8,13H,3,5,7,9-11H2,1H3/t13-/m1/s1. The molecule has 1 aromatic carbocycles. The molecule has 1 aromatic rings. The van der Waals surface area contributed by atoms with Crippen LogP contribution in [-0.4, -0.2) is 42.9 Å². The van der Waals surface area contributed by atoms with Gasteiger partial charge in [0.2, 0.25) is 5.91 Å². The van der Waals surface area contributed by atoms with Gasteiger partial charge in [-0.1, -0.05) is 12.1 Å². The fourth-order valence-electron chi connectivity index (χ4n) is 2.58. The third kappa shape index (κ3) is 5.34. The van der Waals surface area contributed by atoms with E-state index in [0.717, 1.165) is 11.3 Å². The molecule has 0 saturated carbocycles. The van der Waals surface area contributed by atoms with Crippen LogP contribution in [0.15, 0.2) is 24.3 Å². The average Bonchev–Trinajstić information content (AvgIpc) is 2.54. The van der Waals surface area contributed by atoms with Crippen molar-refractivity contribution in [3.8, 4) is 5.75 Å². The number of rotatable bonds is 5. The summed E-state index contributed by atoms with van der Waals surface area (Å²) in [5.41, 5.74) is 1.02. The molecule has 1 aliphatic heterocycles. The summed E-state index contributed by atoms with van der Waals surface area (Å²) in [7, 11) is 1.59. The molecule has 0 unspecified atom stereocenters. The van der Waals surface area contributed by atoms with Crippen LogP contribution >= 0.6 is 11.8 Å². The molecule has 128 valence electrons. The zero-order chi connectivity index (χ0) is 16.9. The van der Waals surface area contributed by atoms with Crippen molar-refractivity contribution in [3.63, 3.8) is 0 Å². The van der Waals surface area contributed by atoms with Gasteiger partial charge in [-0.2, -0.15) is 13.2 Å². The third-order valence-corrected chi connectivity index (χ3v) is 4.85. The highest BCUT2D eigenvalue weighted by Gasteiger charge is 2.42. The third-order valence-electron chi connectivity index (χ3n) is 3.87. The van der Waals surface area contributed by atoms with Crippen LogP contribution in [0, 0.1) is 5.92 Å². The van der Waals surface area contributed by atoms with Crippen molar-refractivity contribution in [2.45, 2.75) is 24.8 Å². The predicted molar refractivity (Wildman–Crippen MR) is 84.5 cm³/mol. The Bertz CT molecular complexity index is 536. The van der Waals surface area contributed by atoms with Crippen LogP contribution in [0.1, 0.15) is 18.4 Å². The first-order valence-electron chi connectivity index (χ1n) is 7.45. The van der Waals surface area contributed by atoms with Gasteiger partial charge in [0.15, 0.2) is 0 Å². The lowest BCUT2D eigenvalue weighted by Gasteiger charge is -2.33. The lowest BCUT2D eigenvalue weighted by atomic mass is 9.97. The highest BCUT2D eigenvalue weighted by atomic mass is 32.2. The largest absolute Gasteiger partial charge is 0.497 e. The molecule has 0 bridgehead atoms. The number of carbonyl (C=O) groups is 1. The number of benzene rings is 1. The zero-order valence-electron chi connectivity index (χ0n) is 12.9. The number of halogens is 3. The molecule has 23 heavy (non-hydrogen) atoms. The highest BCUT2D eigenvalue weighted by molar-refractivity contribution is 7.99. The second-order valence-electron chi connectivity index (χ2n) is 5.56. The molecule has 0 aromatic heterocycles. The van der Waals surface area contributed by atoms with E-state index < -0.39 is 12.1 Å². The molecule has 3 nitrogen and oxygen atoms in total. The van der Waals surface area contributed by atoms with Crippen LogP contribution in [0.25, 0.3) is 0 Å². The monoisotopic (exact) mass is 347 g/mol. The second kappa shape index (κ2) is 7.95. The summed E-state index contributed by atoms with van der Waals surface area (Å²) in [6.07, 6.45) is -3.69. The molecule has 1 heterocycles. The quantitative estimate of drug-likeness (QED) is 0.813. The molecule has 7 heteroatoms. The number of ether oxygens (including phenoxy) is 1. The Balaban J connectivity index is 1.80. The van der Waals surface area contributed by atoms with E-state index in [2.05, 4.69) is 0 Å². The molecule has 1 fully saturated rings. The molecule has 0 spiro atoms. The topological polar surface area (TPSA) is 29.5 Å². The van der Waals surface area contributed by atoms with E-state index in [4.69, 9.17) is 4.74 Å². The van der Waals surface area contributed by atoms with Gasteiger partial charge in [-0.3, -0.25) is 4.79 Å². The summed E-state index contributed by atoms with van der Waals surface area (Å²) >= 11 is 1.41. The van der Waals surface area contributed by atoms with E-state index in [1.807, 2.05) is 24.3 Å².